The van der Waals surface area contributed by atoms with Crippen LogP contribution < -0.4 is 10.1 Å². The van der Waals surface area contributed by atoms with Crippen molar-refractivity contribution in [3.8, 4) is 5.75 Å². The predicted molar refractivity (Wildman–Crippen MR) is 86.0 cm³/mol. The topological polar surface area (TPSA) is 38.3 Å². The zero-order chi connectivity index (χ0) is 16.3. The van der Waals surface area contributed by atoms with Crippen LogP contribution in [0.15, 0.2) is 36.4 Å². The van der Waals surface area contributed by atoms with Crippen LogP contribution in [0.3, 0.4) is 0 Å². The molecule has 0 aliphatic carbocycles. The van der Waals surface area contributed by atoms with Gasteiger partial charge in [0.25, 0.3) is 5.91 Å². The van der Waals surface area contributed by atoms with Crippen molar-refractivity contribution in [3.05, 3.63) is 58.4 Å². The third kappa shape index (κ3) is 3.98. The lowest BCUT2D eigenvalue weighted by Crippen LogP contribution is -2.30. The third-order valence-corrected chi connectivity index (χ3v) is 3.43. The van der Waals surface area contributed by atoms with E-state index in [1.165, 1.54) is 12.1 Å². The van der Waals surface area contributed by atoms with Gasteiger partial charge in [-0.3, -0.25) is 4.79 Å². The lowest BCUT2D eigenvalue weighted by Gasteiger charge is -2.16. The Kier molecular flexibility index (Phi) is 5.03. The van der Waals surface area contributed by atoms with Crippen LogP contribution in [-0.4, -0.2) is 12.0 Å². The highest BCUT2D eigenvalue weighted by Gasteiger charge is 2.17. The monoisotopic (exact) mass is 321 g/mol. The van der Waals surface area contributed by atoms with E-state index in [1.54, 1.807) is 38.1 Å². The molecule has 1 N–H and O–H groups in total. The zero-order valence-electron chi connectivity index (χ0n) is 12.6. The van der Waals surface area contributed by atoms with Gasteiger partial charge in [0.05, 0.1) is 5.69 Å². The fraction of sp³-hybridized carbons (Fsp3) is 0.235. The zero-order valence-corrected chi connectivity index (χ0v) is 13.4. The number of rotatable bonds is 4. The maximum absolute atomic E-state index is 13.7. The van der Waals surface area contributed by atoms with Gasteiger partial charge in [-0.25, -0.2) is 4.39 Å². The van der Waals surface area contributed by atoms with Crippen molar-refractivity contribution in [2.75, 3.05) is 5.32 Å². The highest BCUT2D eigenvalue weighted by molar-refractivity contribution is 6.30. The number of carbonyl (C=O) groups excluding carboxylic acids is 1. The van der Waals surface area contributed by atoms with Crippen molar-refractivity contribution >= 4 is 23.2 Å². The van der Waals surface area contributed by atoms with Crippen LogP contribution in [-0.2, 0) is 4.79 Å². The standard InChI is InChI=1S/C17H17ClFNO2/c1-10-4-6-15(14(19)8-10)20-17(21)12(3)22-16-7-5-13(18)9-11(16)2/h4-9,12H,1-3H3,(H,20,21). The van der Waals surface area contributed by atoms with Crippen LogP contribution in [0.25, 0.3) is 0 Å². The fourth-order valence-corrected chi connectivity index (χ4v) is 2.17. The van der Waals surface area contributed by atoms with Gasteiger partial charge in [0.1, 0.15) is 11.6 Å². The predicted octanol–water partition coefficient (Wildman–Crippen LogP) is 4.50. The molecule has 1 unspecified atom stereocenters. The number of amides is 1. The summed E-state index contributed by atoms with van der Waals surface area (Å²) in [6, 6.07) is 9.77. The van der Waals surface area contributed by atoms with Crippen molar-refractivity contribution in [1.29, 1.82) is 0 Å². The Labute approximate surface area is 134 Å². The number of aryl methyl sites for hydroxylation is 2. The first-order valence-corrected chi connectivity index (χ1v) is 7.24. The number of halogens is 2. The SMILES string of the molecule is Cc1ccc(NC(=O)C(C)Oc2ccc(Cl)cc2C)c(F)c1. The number of hydrogen-bond donors (Lipinski definition) is 1. The first-order chi connectivity index (χ1) is 10.4. The highest BCUT2D eigenvalue weighted by Crippen LogP contribution is 2.23. The fourth-order valence-electron chi connectivity index (χ4n) is 1.94. The lowest BCUT2D eigenvalue weighted by molar-refractivity contribution is -0.122. The molecule has 116 valence electrons. The van der Waals surface area contributed by atoms with Crippen molar-refractivity contribution in [2.24, 2.45) is 0 Å². The Morgan fingerprint density at radius 3 is 2.59 bits per heavy atom. The molecule has 0 bridgehead atoms. The van der Waals surface area contributed by atoms with E-state index in [1.807, 2.05) is 6.92 Å². The number of anilines is 1. The Bertz CT molecular complexity index is 703. The summed E-state index contributed by atoms with van der Waals surface area (Å²) >= 11 is 5.88. The molecule has 3 nitrogen and oxygen atoms in total. The maximum atomic E-state index is 13.7. The van der Waals surface area contributed by atoms with Gasteiger partial charge >= 0.3 is 0 Å². The molecule has 0 saturated heterocycles. The number of ether oxygens (including phenoxy) is 1. The summed E-state index contributed by atoms with van der Waals surface area (Å²) in [5, 5.41) is 3.12. The molecule has 0 heterocycles. The first kappa shape index (κ1) is 16.3. The molecule has 0 aromatic heterocycles. The second-order valence-electron chi connectivity index (χ2n) is 5.14. The summed E-state index contributed by atoms with van der Waals surface area (Å²) in [5.41, 5.74) is 1.75. The summed E-state index contributed by atoms with van der Waals surface area (Å²) in [4.78, 5) is 12.1. The van der Waals surface area contributed by atoms with Gasteiger partial charge < -0.3 is 10.1 Å². The molecule has 0 radical (unpaired) electrons. The van der Waals surface area contributed by atoms with Crippen molar-refractivity contribution < 1.29 is 13.9 Å². The Morgan fingerprint density at radius 1 is 1.23 bits per heavy atom. The Morgan fingerprint density at radius 2 is 1.95 bits per heavy atom. The normalized spacial score (nSPS) is 11.9. The minimum absolute atomic E-state index is 0.138. The molecule has 22 heavy (non-hydrogen) atoms. The van der Waals surface area contributed by atoms with E-state index in [4.69, 9.17) is 16.3 Å². The second-order valence-corrected chi connectivity index (χ2v) is 5.58. The molecule has 0 fully saturated rings. The molecule has 2 rings (SSSR count). The third-order valence-electron chi connectivity index (χ3n) is 3.19. The quantitative estimate of drug-likeness (QED) is 0.900. The van der Waals surface area contributed by atoms with Gasteiger partial charge in [0.15, 0.2) is 6.10 Å². The van der Waals surface area contributed by atoms with Gasteiger partial charge in [-0.05, 0) is 62.2 Å². The van der Waals surface area contributed by atoms with Gasteiger partial charge in [-0.2, -0.15) is 0 Å². The second kappa shape index (κ2) is 6.79. The molecular weight excluding hydrogens is 305 g/mol. The average Bonchev–Trinajstić information content (AvgIpc) is 2.44. The van der Waals surface area contributed by atoms with E-state index in [-0.39, 0.29) is 5.69 Å². The van der Waals surface area contributed by atoms with Crippen LogP contribution in [0.1, 0.15) is 18.1 Å². The van der Waals surface area contributed by atoms with Crippen molar-refractivity contribution in [2.45, 2.75) is 26.9 Å². The molecule has 0 aliphatic rings. The summed E-state index contributed by atoms with van der Waals surface area (Å²) in [6.07, 6.45) is -0.763. The summed E-state index contributed by atoms with van der Waals surface area (Å²) < 4.78 is 19.3. The van der Waals surface area contributed by atoms with Gasteiger partial charge in [0, 0.05) is 5.02 Å². The molecule has 0 aliphatic heterocycles. The smallest absolute Gasteiger partial charge is 0.265 e. The number of nitrogens with one attached hydrogen (secondary N) is 1. The van der Waals surface area contributed by atoms with E-state index in [0.717, 1.165) is 11.1 Å². The first-order valence-electron chi connectivity index (χ1n) is 6.86. The van der Waals surface area contributed by atoms with Gasteiger partial charge in [-0.15, -0.1) is 0 Å². The summed E-state index contributed by atoms with van der Waals surface area (Å²) in [6.45, 7) is 5.23. The van der Waals surface area contributed by atoms with E-state index >= 15 is 0 Å². The highest BCUT2D eigenvalue weighted by atomic mass is 35.5. The molecule has 0 saturated carbocycles. The molecule has 5 heteroatoms. The van der Waals surface area contributed by atoms with Crippen LogP contribution in [0.4, 0.5) is 10.1 Å². The molecular formula is C17H17ClFNO2. The van der Waals surface area contributed by atoms with E-state index in [0.29, 0.717) is 10.8 Å². The van der Waals surface area contributed by atoms with Crippen LogP contribution in [0, 0.1) is 19.7 Å². The van der Waals surface area contributed by atoms with E-state index in [9.17, 15) is 9.18 Å². The van der Waals surface area contributed by atoms with Gasteiger partial charge in [-0.1, -0.05) is 17.7 Å². The number of carbonyl (C=O) groups is 1. The Hall–Kier alpha value is -2.07. The van der Waals surface area contributed by atoms with Crippen LogP contribution >= 0.6 is 11.6 Å². The molecule has 2 aromatic carbocycles. The summed E-state index contributed by atoms with van der Waals surface area (Å²) in [7, 11) is 0. The number of benzene rings is 2. The van der Waals surface area contributed by atoms with Crippen LogP contribution in [0.5, 0.6) is 5.75 Å². The average molecular weight is 322 g/mol. The minimum atomic E-state index is -0.763. The van der Waals surface area contributed by atoms with Crippen molar-refractivity contribution in [1.82, 2.24) is 0 Å². The van der Waals surface area contributed by atoms with E-state index < -0.39 is 17.8 Å². The van der Waals surface area contributed by atoms with Crippen molar-refractivity contribution in [3.63, 3.8) is 0 Å². The molecule has 0 spiro atoms. The minimum Gasteiger partial charge on any atom is -0.481 e. The molecule has 1 atom stereocenters. The lowest BCUT2D eigenvalue weighted by atomic mass is 10.2. The maximum Gasteiger partial charge on any atom is 0.265 e. The van der Waals surface area contributed by atoms with E-state index in [2.05, 4.69) is 5.32 Å². The molecule has 1 amide bonds. The number of hydrogen-bond acceptors (Lipinski definition) is 2. The van der Waals surface area contributed by atoms with Crippen LogP contribution in [0.2, 0.25) is 5.02 Å². The Balaban J connectivity index is 2.05. The summed E-state index contributed by atoms with van der Waals surface area (Å²) in [5.74, 6) is -0.322. The largest absolute Gasteiger partial charge is 0.481 e. The molecule has 2 aromatic rings. The van der Waals surface area contributed by atoms with Gasteiger partial charge in [0.2, 0.25) is 0 Å².